The van der Waals surface area contributed by atoms with Crippen LogP contribution in [0.3, 0.4) is 0 Å². The van der Waals surface area contributed by atoms with Crippen molar-refractivity contribution in [3.8, 4) is 45.6 Å². The second-order valence-electron chi connectivity index (χ2n) is 11.9. The highest BCUT2D eigenvalue weighted by molar-refractivity contribution is 6.15. The van der Waals surface area contributed by atoms with Crippen molar-refractivity contribution in [2.45, 2.75) is 53.4 Å². The van der Waals surface area contributed by atoms with Crippen LogP contribution in [0.15, 0.2) is 22.3 Å². The molecule has 2 amide bonds. The van der Waals surface area contributed by atoms with Crippen LogP contribution >= 0.6 is 0 Å². The second-order valence-corrected chi connectivity index (χ2v) is 11.9. The molecular formula is C34H38N4O10. The van der Waals surface area contributed by atoms with E-state index in [1.54, 1.807) is 53.7 Å². The normalized spacial score (nSPS) is 12.0. The summed E-state index contributed by atoms with van der Waals surface area (Å²) in [4.78, 5) is 23.2. The number of hydrogen-bond donors (Lipinski definition) is 10. The number of aliphatic hydroxyl groups is 2. The topological polar surface area (TPSA) is 245 Å². The summed E-state index contributed by atoms with van der Waals surface area (Å²) in [5.41, 5.74) is 5.55. The van der Waals surface area contributed by atoms with Gasteiger partial charge in [-0.3, -0.25) is 9.59 Å². The Hall–Kier alpha value is -5.60. The number of rotatable bonds is 9. The number of amides is 2. The van der Waals surface area contributed by atoms with Gasteiger partial charge in [0.05, 0.1) is 23.6 Å². The van der Waals surface area contributed by atoms with Crippen LogP contribution in [0.25, 0.3) is 32.7 Å². The van der Waals surface area contributed by atoms with Crippen LogP contribution in [-0.2, 0) is 9.59 Å². The molecule has 4 aromatic rings. The summed E-state index contributed by atoms with van der Waals surface area (Å²) in [7, 11) is 0. The number of aromatic hydroxyl groups is 6. The third-order valence-electron chi connectivity index (χ3n) is 8.04. The molecular weight excluding hydrogens is 624 g/mol. The molecule has 0 aliphatic carbocycles. The Balaban J connectivity index is 2.19. The van der Waals surface area contributed by atoms with Gasteiger partial charge >= 0.3 is 0 Å². The van der Waals surface area contributed by atoms with E-state index in [1.807, 2.05) is 0 Å². The van der Waals surface area contributed by atoms with Gasteiger partial charge in [-0.15, -0.1) is 0 Å². The number of nitrogens with zero attached hydrogens (tertiary/aromatic N) is 2. The molecule has 0 saturated carbocycles. The van der Waals surface area contributed by atoms with Crippen molar-refractivity contribution in [2.75, 3.05) is 13.2 Å². The molecule has 0 spiro atoms. The SMILES string of the molecule is Cc1cc2c(C(C)C)c(O)c(O)c(/C=N/NC(=O)CO)c2c(O)c1-c1c(C)cc2c(C(C)C)c(O)c(O)c(/C=N/NC(=O)CO)c2c1O. The summed E-state index contributed by atoms with van der Waals surface area (Å²) < 4.78 is 0. The van der Waals surface area contributed by atoms with E-state index >= 15 is 0 Å². The van der Waals surface area contributed by atoms with Crippen molar-refractivity contribution in [2.24, 2.45) is 10.2 Å². The highest BCUT2D eigenvalue weighted by atomic mass is 16.3. The number of fused-ring (bicyclic) bond motifs is 2. The smallest absolute Gasteiger partial charge is 0.265 e. The number of benzene rings is 4. The van der Waals surface area contributed by atoms with E-state index in [9.17, 15) is 40.2 Å². The van der Waals surface area contributed by atoms with Crippen LogP contribution in [0.1, 0.15) is 72.9 Å². The summed E-state index contributed by atoms with van der Waals surface area (Å²) in [6, 6.07) is 3.32. The molecule has 0 bridgehead atoms. The Bertz CT molecular complexity index is 1890. The molecule has 14 heteroatoms. The van der Waals surface area contributed by atoms with Crippen LogP contribution in [0.2, 0.25) is 0 Å². The maximum atomic E-state index is 12.0. The van der Waals surface area contributed by atoms with Crippen molar-refractivity contribution in [3.05, 3.63) is 45.5 Å². The Morgan fingerprint density at radius 3 is 1.25 bits per heavy atom. The first-order chi connectivity index (χ1) is 22.6. The van der Waals surface area contributed by atoms with Crippen molar-refractivity contribution < 1.29 is 50.4 Å². The van der Waals surface area contributed by atoms with Crippen molar-refractivity contribution in [3.63, 3.8) is 0 Å². The van der Waals surface area contributed by atoms with Gasteiger partial charge in [-0.25, -0.2) is 10.9 Å². The molecule has 48 heavy (non-hydrogen) atoms. The zero-order valence-corrected chi connectivity index (χ0v) is 27.2. The van der Waals surface area contributed by atoms with Crippen LogP contribution in [0, 0.1) is 13.8 Å². The molecule has 0 saturated heterocycles. The number of aryl methyl sites for hydroxylation is 2. The lowest BCUT2D eigenvalue weighted by Crippen LogP contribution is -2.20. The molecule has 0 atom stereocenters. The summed E-state index contributed by atoms with van der Waals surface area (Å²) in [5, 5.41) is 94.6. The van der Waals surface area contributed by atoms with E-state index in [1.165, 1.54) is 0 Å². The number of carbonyl (C=O) groups is 2. The van der Waals surface area contributed by atoms with E-state index in [0.717, 1.165) is 12.4 Å². The Morgan fingerprint density at radius 1 is 0.625 bits per heavy atom. The standard InChI is InChI=1S/C34H38N4O10/c1-13(2)23-17-7-15(5)25(31(45)27(17)19(29(43)33(23)47)9-35-37-21(41)11-39)26-16(6)8-18-24(14(3)4)34(48)30(44)20(28(18)32(26)46)10-36-38-22(42)12-40/h7-10,13-14,39-40,43-48H,11-12H2,1-6H3,(H,37,41)(H,38,42)/b35-9+,36-10+. The fourth-order valence-corrected chi connectivity index (χ4v) is 6.03. The minimum atomic E-state index is -0.858. The third kappa shape index (κ3) is 5.98. The van der Waals surface area contributed by atoms with Crippen LogP contribution in [0.5, 0.6) is 34.5 Å². The number of hydrogen-bond acceptors (Lipinski definition) is 12. The molecule has 0 unspecified atom stereocenters. The highest BCUT2D eigenvalue weighted by Gasteiger charge is 2.29. The van der Waals surface area contributed by atoms with Gasteiger partial charge in [0, 0.05) is 33.0 Å². The first-order valence-corrected chi connectivity index (χ1v) is 14.9. The van der Waals surface area contributed by atoms with Gasteiger partial charge < -0.3 is 40.9 Å². The number of aliphatic hydroxyl groups excluding tert-OH is 2. The van der Waals surface area contributed by atoms with Crippen LogP contribution < -0.4 is 10.9 Å². The number of carbonyl (C=O) groups excluding carboxylic acids is 2. The average Bonchev–Trinajstić information content (AvgIpc) is 3.01. The summed E-state index contributed by atoms with van der Waals surface area (Å²) in [6.07, 6.45) is 2.01. The van der Waals surface area contributed by atoms with E-state index in [-0.39, 0.29) is 44.9 Å². The minimum Gasteiger partial charge on any atom is -0.507 e. The van der Waals surface area contributed by atoms with Gasteiger partial charge in [0.1, 0.15) is 24.7 Å². The summed E-state index contributed by atoms with van der Waals surface area (Å²) in [5.74, 6) is -5.41. The van der Waals surface area contributed by atoms with E-state index < -0.39 is 59.5 Å². The minimum absolute atomic E-state index is 0.0282. The quantitative estimate of drug-likeness (QED) is 0.0708. The Morgan fingerprint density at radius 2 is 0.958 bits per heavy atom. The first kappa shape index (κ1) is 35.3. The zero-order chi connectivity index (χ0) is 35.8. The van der Waals surface area contributed by atoms with Gasteiger partial charge in [-0.05, 0) is 47.6 Å². The van der Waals surface area contributed by atoms with Gasteiger partial charge in [-0.2, -0.15) is 10.2 Å². The molecule has 254 valence electrons. The highest BCUT2D eigenvalue weighted by Crippen LogP contribution is 2.54. The van der Waals surface area contributed by atoms with E-state index in [0.29, 0.717) is 33.0 Å². The summed E-state index contributed by atoms with van der Waals surface area (Å²) >= 11 is 0. The predicted molar refractivity (Wildman–Crippen MR) is 180 cm³/mol. The number of phenols is 6. The molecule has 0 aliphatic heterocycles. The van der Waals surface area contributed by atoms with Crippen molar-refractivity contribution >= 4 is 45.8 Å². The molecule has 4 rings (SSSR count). The Labute approximate surface area is 274 Å². The Kier molecular flexibility index (Phi) is 10.0. The lowest BCUT2D eigenvalue weighted by Gasteiger charge is -2.23. The number of nitrogens with one attached hydrogen (secondary N) is 2. The maximum absolute atomic E-state index is 12.0. The van der Waals surface area contributed by atoms with Crippen molar-refractivity contribution in [1.82, 2.24) is 10.9 Å². The fraction of sp³-hybridized carbons (Fsp3) is 0.294. The van der Waals surface area contributed by atoms with Crippen LogP contribution in [-0.4, -0.2) is 78.3 Å². The van der Waals surface area contributed by atoms with Crippen LogP contribution in [0.4, 0.5) is 0 Å². The van der Waals surface area contributed by atoms with Crippen molar-refractivity contribution in [1.29, 1.82) is 0 Å². The molecule has 0 heterocycles. The lowest BCUT2D eigenvalue weighted by atomic mass is 9.83. The monoisotopic (exact) mass is 662 g/mol. The molecule has 4 aromatic carbocycles. The van der Waals surface area contributed by atoms with E-state index in [2.05, 4.69) is 21.1 Å². The fourth-order valence-electron chi connectivity index (χ4n) is 6.03. The van der Waals surface area contributed by atoms with Gasteiger partial charge in [0.15, 0.2) is 23.0 Å². The molecule has 14 nitrogen and oxygen atoms in total. The number of hydrazone groups is 2. The second kappa shape index (κ2) is 13.6. The summed E-state index contributed by atoms with van der Waals surface area (Å²) in [6.45, 7) is 8.74. The maximum Gasteiger partial charge on any atom is 0.265 e. The first-order valence-electron chi connectivity index (χ1n) is 14.9. The van der Waals surface area contributed by atoms with Gasteiger partial charge in [0.2, 0.25) is 0 Å². The molecule has 10 N–H and O–H groups in total. The molecule has 0 radical (unpaired) electrons. The molecule has 0 aliphatic rings. The predicted octanol–water partition coefficient (Wildman–Crippen LogP) is 3.64. The zero-order valence-electron chi connectivity index (χ0n) is 27.2. The van der Waals surface area contributed by atoms with Gasteiger partial charge in [-0.1, -0.05) is 39.8 Å². The average molecular weight is 663 g/mol. The molecule has 0 aromatic heterocycles. The molecule has 0 fully saturated rings. The van der Waals surface area contributed by atoms with E-state index in [4.69, 9.17) is 10.2 Å². The largest absolute Gasteiger partial charge is 0.507 e. The number of phenolic OH excluding ortho intramolecular Hbond substituents is 6. The van der Waals surface area contributed by atoms with Gasteiger partial charge in [0.25, 0.3) is 11.8 Å². The third-order valence-corrected chi connectivity index (χ3v) is 8.04. The lowest BCUT2D eigenvalue weighted by molar-refractivity contribution is -0.124.